The third-order valence-electron chi connectivity index (χ3n) is 5.80. The molecule has 1 aliphatic rings. The SMILES string of the molecule is COc1ccc(C2CCCN2C(=O)c2cccc(S(=O)(=O)Nc3ccc(F)cc3)c2)c(OC)c1. The van der Waals surface area contributed by atoms with Gasteiger partial charge in [-0.2, -0.15) is 0 Å². The lowest BCUT2D eigenvalue weighted by molar-refractivity contribution is 0.0734. The monoisotopic (exact) mass is 484 g/mol. The van der Waals surface area contributed by atoms with Crippen molar-refractivity contribution in [2.75, 3.05) is 25.5 Å². The number of hydrogen-bond donors (Lipinski definition) is 1. The van der Waals surface area contributed by atoms with Crippen LogP contribution in [-0.4, -0.2) is 40.0 Å². The van der Waals surface area contributed by atoms with Crippen LogP contribution in [0.15, 0.2) is 71.6 Å². The summed E-state index contributed by atoms with van der Waals surface area (Å²) < 4.78 is 52.1. The van der Waals surface area contributed by atoms with Gasteiger partial charge >= 0.3 is 0 Å². The maximum Gasteiger partial charge on any atom is 0.261 e. The molecule has 9 heteroatoms. The average Bonchev–Trinajstić information content (AvgIpc) is 3.34. The molecule has 7 nitrogen and oxygen atoms in total. The maximum atomic E-state index is 13.4. The number of methoxy groups -OCH3 is 2. The Morgan fingerprint density at radius 3 is 2.50 bits per heavy atom. The number of sulfonamides is 1. The molecule has 1 aliphatic heterocycles. The molecule has 34 heavy (non-hydrogen) atoms. The second-order valence-electron chi connectivity index (χ2n) is 7.90. The molecule has 3 aromatic carbocycles. The van der Waals surface area contributed by atoms with Crippen molar-refractivity contribution in [3.05, 3.63) is 83.7 Å². The molecule has 0 radical (unpaired) electrons. The molecule has 1 saturated heterocycles. The summed E-state index contributed by atoms with van der Waals surface area (Å²) in [5, 5.41) is 0. The van der Waals surface area contributed by atoms with Gasteiger partial charge < -0.3 is 14.4 Å². The van der Waals surface area contributed by atoms with Gasteiger partial charge in [-0.3, -0.25) is 9.52 Å². The summed E-state index contributed by atoms with van der Waals surface area (Å²) in [5.41, 5.74) is 1.36. The van der Waals surface area contributed by atoms with Gasteiger partial charge in [0.1, 0.15) is 17.3 Å². The first kappa shape index (κ1) is 23.6. The Hall–Kier alpha value is -3.59. The Morgan fingerprint density at radius 1 is 1.03 bits per heavy atom. The van der Waals surface area contributed by atoms with Crippen molar-refractivity contribution in [3.63, 3.8) is 0 Å². The van der Waals surface area contributed by atoms with Crippen LogP contribution in [0.25, 0.3) is 0 Å². The number of anilines is 1. The van der Waals surface area contributed by atoms with Crippen LogP contribution in [0.3, 0.4) is 0 Å². The predicted molar refractivity (Wildman–Crippen MR) is 126 cm³/mol. The van der Waals surface area contributed by atoms with Gasteiger partial charge in [0, 0.05) is 29.4 Å². The zero-order valence-electron chi connectivity index (χ0n) is 18.8. The minimum atomic E-state index is -3.97. The van der Waals surface area contributed by atoms with Crippen molar-refractivity contribution in [1.29, 1.82) is 0 Å². The number of amides is 1. The Bertz CT molecular complexity index is 1290. The van der Waals surface area contributed by atoms with Crippen LogP contribution in [-0.2, 0) is 10.0 Å². The number of likely N-dealkylation sites (tertiary alicyclic amines) is 1. The van der Waals surface area contributed by atoms with Crippen molar-refractivity contribution < 1.29 is 27.1 Å². The van der Waals surface area contributed by atoms with E-state index in [1.165, 1.54) is 42.5 Å². The number of hydrogen-bond acceptors (Lipinski definition) is 5. The number of benzene rings is 3. The quantitative estimate of drug-likeness (QED) is 0.529. The Labute approximate surface area is 198 Å². The zero-order chi connectivity index (χ0) is 24.3. The van der Waals surface area contributed by atoms with Crippen LogP contribution in [0, 0.1) is 5.82 Å². The molecule has 178 valence electrons. The number of nitrogens with one attached hydrogen (secondary N) is 1. The summed E-state index contributed by atoms with van der Waals surface area (Å²) in [6.45, 7) is 0.545. The highest BCUT2D eigenvalue weighted by Crippen LogP contribution is 2.39. The lowest BCUT2D eigenvalue weighted by Gasteiger charge is -2.27. The summed E-state index contributed by atoms with van der Waals surface area (Å²) in [5.74, 6) is 0.551. The number of carbonyl (C=O) groups excluding carboxylic acids is 1. The standard InChI is InChI=1S/C25H25FN2O5S/c1-32-20-12-13-22(24(16-20)33-2)23-7-4-14-28(23)25(29)17-5-3-6-21(15-17)34(30,31)27-19-10-8-18(26)9-11-19/h3,5-6,8-13,15-16,23,27H,4,7,14H2,1-2H3. The van der Waals surface area contributed by atoms with Gasteiger partial charge in [-0.05, 0) is 67.4 Å². The van der Waals surface area contributed by atoms with Crippen molar-refractivity contribution in [2.45, 2.75) is 23.8 Å². The fourth-order valence-electron chi connectivity index (χ4n) is 4.12. The van der Waals surface area contributed by atoms with Crippen molar-refractivity contribution in [3.8, 4) is 11.5 Å². The van der Waals surface area contributed by atoms with Crippen LogP contribution in [0.2, 0.25) is 0 Å². The first-order chi connectivity index (χ1) is 16.3. The zero-order valence-corrected chi connectivity index (χ0v) is 19.6. The summed E-state index contributed by atoms with van der Waals surface area (Å²) >= 11 is 0. The molecule has 0 spiro atoms. The molecular weight excluding hydrogens is 459 g/mol. The molecule has 1 heterocycles. The largest absolute Gasteiger partial charge is 0.497 e. The van der Waals surface area contributed by atoms with Crippen LogP contribution in [0.4, 0.5) is 10.1 Å². The van der Waals surface area contributed by atoms with E-state index in [0.717, 1.165) is 18.4 Å². The van der Waals surface area contributed by atoms with E-state index in [-0.39, 0.29) is 28.1 Å². The third kappa shape index (κ3) is 4.84. The second kappa shape index (κ2) is 9.72. The van der Waals surface area contributed by atoms with Crippen LogP contribution in [0.5, 0.6) is 11.5 Å². The Balaban J connectivity index is 1.60. The van der Waals surface area contributed by atoms with Gasteiger partial charge in [0.2, 0.25) is 0 Å². The number of rotatable bonds is 7. The summed E-state index contributed by atoms with van der Waals surface area (Å²) in [7, 11) is -0.820. The molecule has 1 fully saturated rings. The summed E-state index contributed by atoms with van der Waals surface area (Å²) in [6.07, 6.45) is 1.58. The van der Waals surface area contributed by atoms with Gasteiger partial charge in [0.05, 0.1) is 25.2 Å². The van der Waals surface area contributed by atoms with E-state index in [1.54, 1.807) is 31.3 Å². The molecule has 0 bridgehead atoms. The molecule has 1 N–H and O–H groups in total. The molecule has 0 aliphatic carbocycles. The molecule has 1 unspecified atom stereocenters. The fraction of sp³-hybridized carbons (Fsp3) is 0.240. The van der Waals surface area contributed by atoms with E-state index in [2.05, 4.69) is 4.72 Å². The lowest BCUT2D eigenvalue weighted by atomic mass is 10.0. The smallest absolute Gasteiger partial charge is 0.261 e. The Morgan fingerprint density at radius 2 is 1.79 bits per heavy atom. The molecular formula is C25H25FN2O5S. The van der Waals surface area contributed by atoms with Gasteiger partial charge in [0.15, 0.2) is 0 Å². The van der Waals surface area contributed by atoms with Crippen molar-refractivity contribution in [2.24, 2.45) is 0 Å². The van der Waals surface area contributed by atoms with E-state index >= 15 is 0 Å². The first-order valence-electron chi connectivity index (χ1n) is 10.7. The average molecular weight is 485 g/mol. The van der Waals surface area contributed by atoms with E-state index in [0.29, 0.717) is 18.0 Å². The number of nitrogens with zero attached hydrogens (tertiary/aromatic N) is 1. The Kier molecular flexibility index (Phi) is 6.74. The maximum absolute atomic E-state index is 13.4. The van der Waals surface area contributed by atoms with E-state index < -0.39 is 15.8 Å². The van der Waals surface area contributed by atoms with Gasteiger partial charge in [0.25, 0.3) is 15.9 Å². The van der Waals surface area contributed by atoms with E-state index in [1.807, 2.05) is 12.1 Å². The topological polar surface area (TPSA) is 84.9 Å². The number of halogens is 1. The predicted octanol–water partition coefficient (Wildman–Crippen LogP) is 4.62. The summed E-state index contributed by atoms with van der Waals surface area (Å²) in [4.78, 5) is 15.1. The normalized spacial score (nSPS) is 15.7. The highest BCUT2D eigenvalue weighted by Gasteiger charge is 2.33. The van der Waals surface area contributed by atoms with Crippen molar-refractivity contribution in [1.82, 2.24) is 4.90 Å². The van der Waals surface area contributed by atoms with Crippen LogP contribution < -0.4 is 14.2 Å². The number of carbonyl (C=O) groups is 1. The third-order valence-corrected chi connectivity index (χ3v) is 7.18. The highest BCUT2D eigenvalue weighted by atomic mass is 32.2. The van der Waals surface area contributed by atoms with Gasteiger partial charge in [-0.15, -0.1) is 0 Å². The molecule has 0 aromatic heterocycles. The minimum Gasteiger partial charge on any atom is -0.497 e. The number of ether oxygens (including phenoxy) is 2. The second-order valence-corrected chi connectivity index (χ2v) is 9.59. The lowest BCUT2D eigenvalue weighted by Crippen LogP contribution is -2.31. The van der Waals surface area contributed by atoms with Crippen molar-refractivity contribution >= 4 is 21.6 Å². The minimum absolute atomic E-state index is 0.0551. The van der Waals surface area contributed by atoms with Gasteiger partial charge in [-0.1, -0.05) is 6.07 Å². The molecule has 1 amide bonds. The van der Waals surface area contributed by atoms with Crippen LogP contribution in [0.1, 0.15) is 34.8 Å². The van der Waals surface area contributed by atoms with Crippen LogP contribution >= 0.6 is 0 Å². The fourth-order valence-corrected chi connectivity index (χ4v) is 5.23. The van der Waals surface area contributed by atoms with Gasteiger partial charge in [-0.25, -0.2) is 12.8 Å². The molecule has 1 atom stereocenters. The first-order valence-corrected chi connectivity index (χ1v) is 12.2. The molecule has 4 rings (SSSR count). The van der Waals surface area contributed by atoms with E-state index in [4.69, 9.17) is 9.47 Å². The van der Waals surface area contributed by atoms with E-state index in [9.17, 15) is 17.6 Å². The molecule has 3 aromatic rings. The molecule has 0 saturated carbocycles. The summed E-state index contributed by atoms with van der Waals surface area (Å²) in [6, 6.07) is 16.2. The highest BCUT2D eigenvalue weighted by molar-refractivity contribution is 7.92.